The normalized spacial score (nSPS) is 13.5. The Hall–Kier alpha value is -3.78. The Labute approximate surface area is 247 Å². The number of benzene rings is 1. The molecule has 0 saturated heterocycles. The van der Waals surface area contributed by atoms with Crippen molar-refractivity contribution in [2.75, 3.05) is 20.6 Å². The Balaban J connectivity index is 0.000000728. The molecular formula is C26H40ClN9O4S. The number of nitrogens with one attached hydrogen (secondary N) is 4. The molecule has 226 valence electrons. The maximum Gasteiger partial charge on any atom is 0.328 e. The van der Waals surface area contributed by atoms with E-state index in [0.29, 0.717) is 18.8 Å². The second-order valence-corrected chi connectivity index (χ2v) is 11.3. The lowest BCUT2D eigenvalue weighted by Crippen LogP contribution is -2.45. The third-order valence-corrected chi connectivity index (χ3v) is 7.17. The summed E-state index contributed by atoms with van der Waals surface area (Å²) in [5.74, 6) is 0.267. The van der Waals surface area contributed by atoms with Gasteiger partial charge in [-0.15, -0.1) is 12.4 Å². The Morgan fingerprint density at radius 3 is 2.24 bits per heavy atom. The van der Waals surface area contributed by atoms with Crippen LogP contribution in [-0.2, 0) is 16.4 Å². The van der Waals surface area contributed by atoms with Crippen LogP contribution in [0, 0.1) is 12.3 Å². The van der Waals surface area contributed by atoms with E-state index in [0.717, 1.165) is 43.4 Å². The summed E-state index contributed by atoms with van der Waals surface area (Å²) in [6, 6.07) is 5.53. The van der Waals surface area contributed by atoms with Gasteiger partial charge in [0.25, 0.3) is 15.9 Å². The summed E-state index contributed by atoms with van der Waals surface area (Å²) in [5.41, 5.74) is 7.03. The SMILES string of the molecule is C/C(N)=N/C(=N)N(C)C.Cc1cnc(C(=O)NCCc2ccc(S(=O)(=O)NC(=O)NC3CCCCC3)cc2)cn1.Cl. The van der Waals surface area contributed by atoms with Gasteiger partial charge >= 0.3 is 6.03 Å². The van der Waals surface area contributed by atoms with Crippen LogP contribution in [0.25, 0.3) is 0 Å². The number of hydrogen-bond donors (Lipinski definition) is 5. The highest BCUT2D eigenvalue weighted by molar-refractivity contribution is 7.90. The summed E-state index contributed by atoms with van der Waals surface area (Å²) in [6.45, 7) is 3.80. The van der Waals surface area contributed by atoms with E-state index in [9.17, 15) is 18.0 Å². The third kappa shape index (κ3) is 13.0. The van der Waals surface area contributed by atoms with Crippen LogP contribution in [0.5, 0.6) is 0 Å². The minimum absolute atomic E-state index is 0. The molecule has 3 amide bonds. The van der Waals surface area contributed by atoms with Gasteiger partial charge in [-0.2, -0.15) is 0 Å². The number of guanidine groups is 1. The summed E-state index contributed by atoms with van der Waals surface area (Å²) in [7, 11) is -0.458. The van der Waals surface area contributed by atoms with Crippen molar-refractivity contribution in [3.8, 4) is 0 Å². The fourth-order valence-corrected chi connectivity index (χ4v) is 4.58. The number of amidine groups is 1. The highest BCUT2D eigenvalue weighted by atomic mass is 35.5. The maximum absolute atomic E-state index is 12.4. The first-order valence-corrected chi connectivity index (χ1v) is 14.4. The lowest BCUT2D eigenvalue weighted by Gasteiger charge is -2.22. The second kappa shape index (κ2) is 17.1. The molecule has 1 fully saturated rings. The topological polar surface area (TPSA) is 196 Å². The molecule has 0 radical (unpaired) electrons. The molecule has 0 spiro atoms. The number of sulfonamides is 1. The van der Waals surface area contributed by atoms with E-state index >= 15 is 0 Å². The zero-order valence-electron chi connectivity index (χ0n) is 23.8. The lowest BCUT2D eigenvalue weighted by molar-refractivity contribution is 0.0948. The van der Waals surface area contributed by atoms with Crippen molar-refractivity contribution in [2.45, 2.75) is 63.3 Å². The zero-order valence-corrected chi connectivity index (χ0v) is 25.4. The number of nitrogens with zero attached hydrogens (tertiary/aromatic N) is 4. The van der Waals surface area contributed by atoms with Crippen LogP contribution in [0.3, 0.4) is 0 Å². The molecule has 15 heteroatoms. The monoisotopic (exact) mass is 609 g/mol. The van der Waals surface area contributed by atoms with E-state index in [2.05, 4.69) is 30.3 Å². The van der Waals surface area contributed by atoms with Gasteiger partial charge in [0.1, 0.15) is 5.69 Å². The average molecular weight is 610 g/mol. The quantitative estimate of drug-likeness (QED) is 0.233. The third-order valence-electron chi connectivity index (χ3n) is 5.82. The number of nitrogens with two attached hydrogens (primary N) is 1. The molecule has 1 aliphatic carbocycles. The van der Waals surface area contributed by atoms with Gasteiger partial charge in [0.2, 0.25) is 5.96 Å². The molecule has 0 aliphatic heterocycles. The van der Waals surface area contributed by atoms with Gasteiger partial charge in [-0.3, -0.25) is 15.2 Å². The molecular weight excluding hydrogens is 570 g/mol. The lowest BCUT2D eigenvalue weighted by atomic mass is 9.96. The first kappa shape index (κ1) is 35.2. The van der Waals surface area contributed by atoms with Crippen molar-refractivity contribution in [3.05, 3.63) is 53.6 Å². The second-order valence-electron chi connectivity index (χ2n) is 9.58. The van der Waals surface area contributed by atoms with Gasteiger partial charge in [0.05, 0.1) is 22.6 Å². The molecule has 1 aromatic heterocycles. The number of rotatable bonds is 7. The minimum Gasteiger partial charge on any atom is -0.387 e. The van der Waals surface area contributed by atoms with Gasteiger partial charge < -0.3 is 21.3 Å². The fraction of sp³-hybridized carbons (Fsp3) is 0.462. The summed E-state index contributed by atoms with van der Waals surface area (Å²) >= 11 is 0. The number of carbonyl (C=O) groups excluding carboxylic acids is 2. The molecule has 6 N–H and O–H groups in total. The fourth-order valence-electron chi connectivity index (χ4n) is 3.67. The minimum atomic E-state index is -3.95. The molecule has 0 atom stereocenters. The van der Waals surface area contributed by atoms with E-state index in [1.165, 1.54) is 24.5 Å². The van der Waals surface area contributed by atoms with Crippen molar-refractivity contribution >= 4 is 46.2 Å². The molecule has 13 nitrogen and oxygen atoms in total. The standard InChI is InChI=1S/C21H27N5O4S.C5H12N4.ClH/c1-15-13-24-19(14-23-15)20(27)22-12-11-16-7-9-18(10-8-16)31(29,30)26-21(28)25-17-5-3-2-4-6-17;1-4(6)8-5(7)9(2)3;/h7-10,13-14,17H,2-6,11-12H2,1H3,(H,22,27)(H2,25,26,28);1-3H3,(H3,6,7,8);1H. The predicted molar refractivity (Wildman–Crippen MR) is 161 cm³/mol. The van der Waals surface area contributed by atoms with Gasteiger partial charge in [0, 0.05) is 32.9 Å². The molecule has 41 heavy (non-hydrogen) atoms. The number of aryl methyl sites for hydroxylation is 1. The highest BCUT2D eigenvalue weighted by Crippen LogP contribution is 2.17. The van der Waals surface area contributed by atoms with Crippen LogP contribution in [0.15, 0.2) is 46.5 Å². The predicted octanol–water partition coefficient (Wildman–Crippen LogP) is 2.36. The van der Waals surface area contributed by atoms with E-state index < -0.39 is 16.1 Å². The number of aromatic nitrogens is 2. The zero-order chi connectivity index (χ0) is 29.7. The van der Waals surface area contributed by atoms with E-state index in [4.69, 9.17) is 11.1 Å². The molecule has 2 aromatic rings. The van der Waals surface area contributed by atoms with Crippen molar-refractivity contribution in [1.29, 1.82) is 5.41 Å². The number of halogens is 1. The van der Waals surface area contributed by atoms with Gasteiger partial charge in [-0.25, -0.2) is 27.9 Å². The van der Waals surface area contributed by atoms with Crippen LogP contribution >= 0.6 is 12.4 Å². The summed E-state index contributed by atoms with van der Waals surface area (Å²) in [5, 5.41) is 12.6. The van der Waals surface area contributed by atoms with Crippen molar-refractivity contribution in [3.63, 3.8) is 0 Å². The molecule has 1 aromatic carbocycles. The number of aliphatic imine (C=N–C) groups is 1. The van der Waals surface area contributed by atoms with Crippen LogP contribution in [0.4, 0.5) is 4.79 Å². The van der Waals surface area contributed by atoms with E-state index in [-0.39, 0.29) is 40.9 Å². The Bertz CT molecular complexity index is 1280. The van der Waals surface area contributed by atoms with Gasteiger partial charge in [-0.1, -0.05) is 31.4 Å². The average Bonchev–Trinajstić information content (AvgIpc) is 2.89. The van der Waals surface area contributed by atoms with Crippen LogP contribution in [0.1, 0.15) is 60.8 Å². The maximum atomic E-state index is 12.4. The molecule has 1 saturated carbocycles. The largest absolute Gasteiger partial charge is 0.387 e. The van der Waals surface area contributed by atoms with Crippen LogP contribution < -0.4 is 21.1 Å². The Morgan fingerprint density at radius 2 is 1.73 bits per heavy atom. The first-order valence-electron chi connectivity index (χ1n) is 12.9. The highest BCUT2D eigenvalue weighted by Gasteiger charge is 2.21. The van der Waals surface area contributed by atoms with E-state index in [1.807, 2.05) is 0 Å². The van der Waals surface area contributed by atoms with Crippen LogP contribution in [-0.4, -0.2) is 73.7 Å². The molecule has 3 rings (SSSR count). The summed E-state index contributed by atoms with van der Waals surface area (Å²) in [6.07, 6.45) is 8.43. The van der Waals surface area contributed by atoms with Crippen molar-refractivity contribution in [2.24, 2.45) is 10.7 Å². The number of amides is 3. The van der Waals surface area contributed by atoms with E-state index in [1.54, 1.807) is 45.0 Å². The number of hydrogen-bond acceptors (Lipinski definition) is 7. The first-order chi connectivity index (χ1) is 18.9. The molecule has 0 bridgehead atoms. The molecule has 1 aliphatic rings. The molecule has 0 unspecified atom stereocenters. The summed E-state index contributed by atoms with van der Waals surface area (Å²) < 4.78 is 26.9. The van der Waals surface area contributed by atoms with Crippen LogP contribution in [0.2, 0.25) is 0 Å². The van der Waals surface area contributed by atoms with Gasteiger partial charge in [0.15, 0.2) is 0 Å². The summed E-state index contributed by atoms with van der Waals surface area (Å²) in [4.78, 5) is 37.4. The van der Waals surface area contributed by atoms with Gasteiger partial charge in [-0.05, 0) is 50.8 Å². The number of carbonyl (C=O) groups is 2. The molecule has 1 heterocycles. The Kier molecular flexibility index (Phi) is 14.7. The number of urea groups is 1. The Morgan fingerprint density at radius 1 is 1.10 bits per heavy atom. The van der Waals surface area contributed by atoms with Crippen molar-refractivity contribution in [1.82, 2.24) is 30.2 Å². The van der Waals surface area contributed by atoms with Crippen molar-refractivity contribution < 1.29 is 18.0 Å². The smallest absolute Gasteiger partial charge is 0.328 e.